The zero-order valence-corrected chi connectivity index (χ0v) is 5.93. The summed E-state index contributed by atoms with van der Waals surface area (Å²) < 4.78 is 4.34. The molecule has 0 spiro atoms. The van der Waals surface area contributed by atoms with E-state index in [2.05, 4.69) is 4.42 Å². The molecule has 1 aromatic rings. The Balaban J connectivity index is 3.08. The normalized spacial score (nSPS) is 13.2. The second-order valence-corrected chi connectivity index (χ2v) is 2.17. The van der Waals surface area contributed by atoms with Crippen molar-refractivity contribution < 1.29 is 29.9 Å². The van der Waals surface area contributed by atoms with Crippen molar-refractivity contribution in [3.8, 4) is 17.4 Å². The Morgan fingerprint density at radius 3 is 2.08 bits per heavy atom. The van der Waals surface area contributed by atoms with Crippen molar-refractivity contribution in [1.82, 2.24) is 0 Å². The van der Waals surface area contributed by atoms with Crippen LogP contribution in [-0.4, -0.2) is 32.1 Å². The Morgan fingerprint density at radius 2 is 1.75 bits per heavy atom. The van der Waals surface area contributed by atoms with E-state index in [4.69, 9.17) is 25.5 Å². The van der Waals surface area contributed by atoms with Crippen molar-refractivity contribution in [2.24, 2.45) is 0 Å². The second kappa shape index (κ2) is 2.92. The molecule has 6 heteroatoms. The highest BCUT2D eigenvalue weighted by Gasteiger charge is 2.23. The number of aliphatic hydroxyl groups is 2. The van der Waals surface area contributed by atoms with Gasteiger partial charge < -0.3 is 29.9 Å². The van der Waals surface area contributed by atoms with E-state index in [0.29, 0.717) is 0 Å². The molecule has 0 aliphatic carbocycles. The molecule has 0 amide bonds. The Hall–Kier alpha value is -1.40. The Morgan fingerprint density at radius 1 is 1.17 bits per heavy atom. The van der Waals surface area contributed by atoms with Crippen LogP contribution in [0.4, 0.5) is 0 Å². The number of aromatic hydroxyl groups is 3. The van der Waals surface area contributed by atoms with Gasteiger partial charge in [-0.2, -0.15) is 0 Å². The van der Waals surface area contributed by atoms with Crippen LogP contribution in [0.15, 0.2) is 4.42 Å². The number of hydrogen-bond acceptors (Lipinski definition) is 6. The first-order valence-corrected chi connectivity index (χ1v) is 3.10. The summed E-state index contributed by atoms with van der Waals surface area (Å²) in [7, 11) is 0. The van der Waals surface area contributed by atoms with Crippen LogP contribution in [-0.2, 0) is 0 Å². The standard InChI is InChI=1S/C6H8O6/c7-1-2(8)5-3(9)4(10)6(11)12-5/h2,7-11H,1H2. The molecule has 0 saturated heterocycles. The third kappa shape index (κ3) is 1.17. The van der Waals surface area contributed by atoms with Crippen LogP contribution in [0.5, 0.6) is 17.4 Å². The maximum Gasteiger partial charge on any atom is 0.330 e. The van der Waals surface area contributed by atoms with Crippen LogP contribution in [0.3, 0.4) is 0 Å². The smallest absolute Gasteiger partial charge is 0.330 e. The third-order valence-electron chi connectivity index (χ3n) is 1.34. The molecule has 6 nitrogen and oxygen atoms in total. The summed E-state index contributed by atoms with van der Waals surface area (Å²) in [5.41, 5.74) is 0. The largest absolute Gasteiger partial charge is 0.502 e. The molecule has 0 aromatic carbocycles. The molecule has 1 rings (SSSR count). The van der Waals surface area contributed by atoms with Crippen LogP contribution in [0.1, 0.15) is 11.9 Å². The van der Waals surface area contributed by atoms with E-state index in [0.717, 1.165) is 0 Å². The summed E-state index contributed by atoms with van der Waals surface area (Å²) in [4.78, 5) is 0. The van der Waals surface area contributed by atoms with Gasteiger partial charge in [0.25, 0.3) is 0 Å². The molecule has 0 radical (unpaired) electrons. The van der Waals surface area contributed by atoms with E-state index >= 15 is 0 Å². The maximum absolute atomic E-state index is 8.95. The zero-order chi connectivity index (χ0) is 9.30. The maximum atomic E-state index is 8.95. The molecule has 1 unspecified atom stereocenters. The van der Waals surface area contributed by atoms with Gasteiger partial charge in [0, 0.05) is 0 Å². The van der Waals surface area contributed by atoms with Crippen molar-refractivity contribution in [2.45, 2.75) is 6.10 Å². The average Bonchev–Trinajstić information content (AvgIpc) is 2.32. The van der Waals surface area contributed by atoms with E-state index in [1.54, 1.807) is 0 Å². The lowest BCUT2D eigenvalue weighted by atomic mass is 10.2. The number of hydrogen-bond donors (Lipinski definition) is 5. The highest BCUT2D eigenvalue weighted by molar-refractivity contribution is 5.47. The minimum absolute atomic E-state index is 0.465. The van der Waals surface area contributed by atoms with Crippen LogP contribution in [0.25, 0.3) is 0 Å². The van der Waals surface area contributed by atoms with Crippen molar-refractivity contribution in [2.75, 3.05) is 6.61 Å². The zero-order valence-electron chi connectivity index (χ0n) is 5.93. The first kappa shape index (κ1) is 8.69. The molecule has 1 atom stereocenters. The summed E-state index contributed by atoms with van der Waals surface area (Å²) in [6.45, 7) is -0.681. The van der Waals surface area contributed by atoms with E-state index in [-0.39, 0.29) is 0 Å². The van der Waals surface area contributed by atoms with Gasteiger partial charge >= 0.3 is 5.95 Å². The van der Waals surface area contributed by atoms with Crippen molar-refractivity contribution in [3.05, 3.63) is 5.76 Å². The van der Waals surface area contributed by atoms with Gasteiger partial charge in [-0.05, 0) is 0 Å². The van der Waals surface area contributed by atoms with Gasteiger partial charge in [0.15, 0.2) is 5.76 Å². The van der Waals surface area contributed by atoms with Crippen LogP contribution < -0.4 is 0 Å². The van der Waals surface area contributed by atoms with E-state index in [9.17, 15) is 0 Å². The molecule has 5 N–H and O–H groups in total. The average molecular weight is 176 g/mol. The molecule has 0 fully saturated rings. The van der Waals surface area contributed by atoms with Gasteiger partial charge in [0.2, 0.25) is 11.5 Å². The molecule has 68 valence electrons. The Kier molecular flexibility index (Phi) is 2.11. The molecular formula is C6H8O6. The number of rotatable bonds is 2. The molecule has 0 bridgehead atoms. The van der Waals surface area contributed by atoms with Gasteiger partial charge in [-0.25, -0.2) is 0 Å². The van der Waals surface area contributed by atoms with Crippen LogP contribution in [0.2, 0.25) is 0 Å². The second-order valence-electron chi connectivity index (χ2n) is 2.17. The van der Waals surface area contributed by atoms with Gasteiger partial charge in [-0.1, -0.05) is 0 Å². The SMILES string of the molecule is OCC(O)c1oc(O)c(O)c1O. The van der Waals surface area contributed by atoms with E-state index in [1.165, 1.54) is 0 Å². The lowest BCUT2D eigenvalue weighted by Gasteiger charge is -2.01. The summed E-state index contributed by atoms with van der Waals surface area (Å²) >= 11 is 0. The van der Waals surface area contributed by atoms with Crippen LogP contribution >= 0.6 is 0 Å². The minimum atomic E-state index is -1.46. The molecule has 0 saturated carbocycles. The van der Waals surface area contributed by atoms with E-state index in [1.807, 2.05) is 0 Å². The highest BCUT2D eigenvalue weighted by Crippen LogP contribution is 2.42. The lowest BCUT2D eigenvalue weighted by molar-refractivity contribution is 0.0719. The summed E-state index contributed by atoms with van der Waals surface area (Å²) in [5, 5.41) is 43.8. The van der Waals surface area contributed by atoms with Gasteiger partial charge in [-0.15, -0.1) is 0 Å². The number of furan rings is 1. The first-order chi connectivity index (χ1) is 5.57. The molecule has 0 aliphatic heterocycles. The fraction of sp³-hybridized carbons (Fsp3) is 0.333. The van der Waals surface area contributed by atoms with Gasteiger partial charge in [0.05, 0.1) is 6.61 Å². The fourth-order valence-electron chi connectivity index (χ4n) is 0.728. The molecule has 1 aromatic heterocycles. The molecular weight excluding hydrogens is 168 g/mol. The van der Waals surface area contributed by atoms with Crippen LogP contribution in [0, 0.1) is 0 Å². The highest BCUT2D eigenvalue weighted by atomic mass is 16.5. The Labute approximate surface area is 66.9 Å². The quantitative estimate of drug-likeness (QED) is 0.412. The summed E-state index contributed by atoms with van der Waals surface area (Å²) in [5.74, 6) is -2.98. The third-order valence-corrected chi connectivity index (χ3v) is 1.34. The molecule has 0 aliphatic rings. The molecule has 1 heterocycles. The summed E-state index contributed by atoms with van der Waals surface area (Å²) in [6, 6.07) is 0. The van der Waals surface area contributed by atoms with E-state index < -0.39 is 35.9 Å². The fourth-order valence-corrected chi connectivity index (χ4v) is 0.728. The summed E-state index contributed by atoms with van der Waals surface area (Å²) in [6.07, 6.45) is -1.46. The molecule has 12 heavy (non-hydrogen) atoms. The Bertz CT molecular complexity index is 278. The topological polar surface area (TPSA) is 114 Å². The van der Waals surface area contributed by atoms with Crippen molar-refractivity contribution >= 4 is 0 Å². The van der Waals surface area contributed by atoms with Gasteiger partial charge in [-0.3, -0.25) is 0 Å². The predicted octanol–water partition coefficient (Wildman–Crippen LogP) is -0.578. The lowest BCUT2D eigenvalue weighted by Crippen LogP contribution is -2.00. The number of aliphatic hydroxyl groups excluding tert-OH is 2. The minimum Gasteiger partial charge on any atom is -0.502 e. The monoisotopic (exact) mass is 176 g/mol. The van der Waals surface area contributed by atoms with Gasteiger partial charge in [0.1, 0.15) is 6.10 Å². The van der Waals surface area contributed by atoms with Crippen molar-refractivity contribution in [3.63, 3.8) is 0 Å². The first-order valence-electron chi connectivity index (χ1n) is 3.10. The predicted molar refractivity (Wildman–Crippen MR) is 35.7 cm³/mol. The van der Waals surface area contributed by atoms with Crippen molar-refractivity contribution in [1.29, 1.82) is 0 Å².